The third kappa shape index (κ3) is 2.80. The van der Waals surface area contributed by atoms with E-state index >= 15 is 0 Å². The molecule has 17 heavy (non-hydrogen) atoms. The van der Waals surface area contributed by atoms with Crippen LogP contribution in [-0.4, -0.2) is 57.4 Å². The summed E-state index contributed by atoms with van der Waals surface area (Å²) < 4.78 is 7.47. The van der Waals surface area contributed by atoms with Crippen molar-refractivity contribution >= 4 is 0 Å². The molecule has 0 aliphatic carbocycles. The average molecular weight is 240 g/mol. The van der Waals surface area contributed by atoms with Crippen molar-refractivity contribution < 1.29 is 4.74 Å². The molecule has 1 aromatic rings. The molecule has 1 aliphatic rings. The summed E-state index contributed by atoms with van der Waals surface area (Å²) in [5, 5.41) is 11.7. The van der Waals surface area contributed by atoms with Crippen molar-refractivity contribution in [2.24, 2.45) is 5.73 Å². The molecule has 7 nitrogen and oxygen atoms in total. The summed E-state index contributed by atoms with van der Waals surface area (Å²) in [6, 6.07) is 0.514. The molecule has 7 heteroatoms. The van der Waals surface area contributed by atoms with Crippen molar-refractivity contribution in [1.82, 2.24) is 25.1 Å². The molecule has 1 fully saturated rings. The fourth-order valence-electron chi connectivity index (χ4n) is 2.02. The number of rotatable bonds is 4. The quantitative estimate of drug-likeness (QED) is 0.757. The molecule has 0 saturated carbocycles. The van der Waals surface area contributed by atoms with Gasteiger partial charge in [0.1, 0.15) is 6.10 Å². The predicted molar refractivity (Wildman–Crippen MR) is 62.3 cm³/mol. The lowest BCUT2D eigenvalue weighted by molar-refractivity contribution is -0.0462. The Hall–Kier alpha value is -1.05. The van der Waals surface area contributed by atoms with Crippen LogP contribution in [0, 0.1) is 0 Å². The van der Waals surface area contributed by atoms with Crippen molar-refractivity contribution in [3.05, 3.63) is 5.82 Å². The van der Waals surface area contributed by atoms with Crippen LogP contribution in [0.25, 0.3) is 0 Å². The Balaban J connectivity index is 2.08. The summed E-state index contributed by atoms with van der Waals surface area (Å²) in [6.07, 6.45) is -0.0484. The van der Waals surface area contributed by atoms with Crippen molar-refractivity contribution in [3.8, 4) is 0 Å². The standard InChI is InChI=1S/C10H20N6O/c1-8(2)15-5-6-17-9(7-15)10-12-13-14-16(10)4-3-11/h8-9H,3-7,11H2,1-2H3. The minimum Gasteiger partial charge on any atom is -0.367 e. The van der Waals surface area contributed by atoms with E-state index in [0.29, 0.717) is 19.1 Å². The molecule has 1 aliphatic heterocycles. The van der Waals surface area contributed by atoms with Crippen LogP contribution in [0.4, 0.5) is 0 Å². The van der Waals surface area contributed by atoms with Gasteiger partial charge in [-0.1, -0.05) is 0 Å². The van der Waals surface area contributed by atoms with Crippen LogP contribution in [0.15, 0.2) is 0 Å². The highest BCUT2D eigenvalue weighted by molar-refractivity contribution is 4.92. The van der Waals surface area contributed by atoms with Gasteiger partial charge in [0.05, 0.1) is 13.2 Å². The first-order valence-electron chi connectivity index (χ1n) is 6.04. The number of morpholine rings is 1. The second kappa shape index (κ2) is 5.52. The monoisotopic (exact) mass is 240 g/mol. The number of tetrazole rings is 1. The molecule has 0 spiro atoms. The van der Waals surface area contributed by atoms with Crippen LogP contribution in [-0.2, 0) is 11.3 Å². The SMILES string of the molecule is CC(C)N1CCOC(c2nnnn2CCN)C1. The van der Waals surface area contributed by atoms with Crippen LogP contribution in [0.2, 0.25) is 0 Å². The molecule has 1 saturated heterocycles. The van der Waals surface area contributed by atoms with Gasteiger partial charge in [0.15, 0.2) is 5.82 Å². The summed E-state index contributed by atoms with van der Waals surface area (Å²) in [4.78, 5) is 2.37. The van der Waals surface area contributed by atoms with E-state index in [0.717, 1.165) is 25.5 Å². The van der Waals surface area contributed by atoms with E-state index in [-0.39, 0.29) is 6.10 Å². The van der Waals surface area contributed by atoms with Crippen molar-refractivity contribution in [1.29, 1.82) is 0 Å². The van der Waals surface area contributed by atoms with Gasteiger partial charge >= 0.3 is 0 Å². The Bertz CT molecular complexity index is 352. The lowest BCUT2D eigenvalue weighted by Crippen LogP contribution is -2.43. The maximum atomic E-state index is 5.74. The zero-order valence-corrected chi connectivity index (χ0v) is 10.4. The van der Waals surface area contributed by atoms with Gasteiger partial charge < -0.3 is 10.5 Å². The molecule has 96 valence electrons. The van der Waals surface area contributed by atoms with E-state index in [2.05, 4.69) is 34.3 Å². The fraction of sp³-hybridized carbons (Fsp3) is 0.900. The van der Waals surface area contributed by atoms with E-state index in [1.165, 1.54) is 0 Å². The molecule has 2 heterocycles. The smallest absolute Gasteiger partial charge is 0.181 e. The number of aromatic nitrogens is 4. The molecule has 1 atom stereocenters. The summed E-state index contributed by atoms with van der Waals surface area (Å²) in [6.45, 7) is 8.05. The lowest BCUT2D eigenvalue weighted by Gasteiger charge is -2.34. The Kier molecular flexibility index (Phi) is 4.03. The van der Waals surface area contributed by atoms with E-state index in [4.69, 9.17) is 10.5 Å². The third-order valence-corrected chi connectivity index (χ3v) is 3.02. The Morgan fingerprint density at radius 2 is 2.35 bits per heavy atom. The van der Waals surface area contributed by atoms with Gasteiger partial charge in [0.2, 0.25) is 0 Å². The topological polar surface area (TPSA) is 82.1 Å². The van der Waals surface area contributed by atoms with Crippen LogP contribution in [0.1, 0.15) is 25.8 Å². The second-order valence-electron chi connectivity index (χ2n) is 4.50. The van der Waals surface area contributed by atoms with Gasteiger partial charge in [-0.3, -0.25) is 4.90 Å². The van der Waals surface area contributed by atoms with Gasteiger partial charge in [-0.2, -0.15) is 0 Å². The minimum atomic E-state index is -0.0484. The van der Waals surface area contributed by atoms with E-state index in [1.54, 1.807) is 4.68 Å². The lowest BCUT2D eigenvalue weighted by atomic mass is 10.2. The van der Waals surface area contributed by atoms with E-state index in [9.17, 15) is 0 Å². The minimum absolute atomic E-state index is 0.0484. The van der Waals surface area contributed by atoms with Crippen molar-refractivity contribution in [2.45, 2.75) is 32.5 Å². The van der Waals surface area contributed by atoms with E-state index in [1.807, 2.05) is 0 Å². The molecule has 2 N–H and O–H groups in total. The number of hydrogen-bond acceptors (Lipinski definition) is 6. The summed E-state index contributed by atoms with van der Waals surface area (Å²) in [7, 11) is 0. The zero-order valence-electron chi connectivity index (χ0n) is 10.4. The molecular weight excluding hydrogens is 220 g/mol. The largest absolute Gasteiger partial charge is 0.367 e. The number of nitrogens with two attached hydrogens (primary N) is 1. The summed E-state index contributed by atoms with van der Waals surface area (Å²) >= 11 is 0. The summed E-state index contributed by atoms with van der Waals surface area (Å²) in [5.74, 6) is 0.779. The fourth-order valence-corrected chi connectivity index (χ4v) is 2.02. The molecular formula is C10H20N6O. The van der Waals surface area contributed by atoms with Gasteiger partial charge in [0.25, 0.3) is 0 Å². The molecule has 0 radical (unpaired) electrons. The second-order valence-corrected chi connectivity index (χ2v) is 4.50. The highest BCUT2D eigenvalue weighted by Crippen LogP contribution is 2.20. The third-order valence-electron chi connectivity index (χ3n) is 3.02. The van der Waals surface area contributed by atoms with Gasteiger partial charge in [0, 0.05) is 25.7 Å². The number of hydrogen-bond donors (Lipinski definition) is 1. The van der Waals surface area contributed by atoms with Crippen LogP contribution >= 0.6 is 0 Å². The average Bonchev–Trinajstić information content (AvgIpc) is 2.78. The first-order chi connectivity index (χ1) is 8.22. The zero-order chi connectivity index (χ0) is 12.3. The maximum absolute atomic E-state index is 5.74. The van der Waals surface area contributed by atoms with Gasteiger partial charge in [-0.05, 0) is 24.3 Å². The highest BCUT2D eigenvalue weighted by atomic mass is 16.5. The first kappa shape index (κ1) is 12.4. The first-order valence-corrected chi connectivity index (χ1v) is 6.04. The van der Waals surface area contributed by atoms with Crippen molar-refractivity contribution in [2.75, 3.05) is 26.2 Å². The van der Waals surface area contributed by atoms with Crippen molar-refractivity contribution in [3.63, 3.8) is 0 Å². The Morgan fingerprint density at radius 1 is 1.53 bits per heavy atom. The van der Waals surface area contributed by atoms with Crippen LogP contribution < -0.4 is 5.73 Å². The molecule has 2 rings (SSSR count). The predicted octanol–water partition coefficient (Wildman–Crippen LogP) is -0.586. The Labute approximate surface area is 101 Å². The molecule has 1 aromatic heterocycles. The summed E-state index contributed by atoms with van der Waals surface area (Å²) in [5.41, 5.74) is 5.53. The number of nitrogens with zero attached hydrogens (tertiary/aromatic N) is 5. The number of ether oxygens (including phenoxy) is 1. The van der Waals surface area contributed by atoms with Gasteiger partial charge in [-0.15, -0.1) is 5.10 Å². The normalized spacial score (nSPS) is 22.2. The molecule has 0 amide bonds. The Morgan fingerprint density at radius 3 is 3.06 bits per heavy atom. The maximum Gasteiger partial charge on any atom is 0.181 e. The molecule has 1 unspecified atom stereocenters. The van der Waals surface area contributed by atoms with E-state index < -0.39 is 0 Å². The molecule has 0 aromatic carbocycles. The van der Waals surface area contributed by atoms with Gasteiger partial charge in [-0.25, -0.2) is 4.68 Å². The van der Waals surface area contributed by atoms with Crippen LogP contribution in [0.3, 0.4) is 0 Å². The molecule has 0 bridgehead atoms. The van der Waals surface area contributed by atoms with Crippen LogP contribution in [0.5, 0.6) is 0 Å². The highest BCUT2D eigenvalue weighted by Gasteiger charge is 2.27.